The molecule has 1 amide bonds. The number of rotatable bonds is 7. The van der Waals surface area contributed by atoms with Gasteiger partial charge in [-0.1, -0.05) is 17.2 Å². The normalized spacial score (nSPS) is 15.5. The van der Waals surface area contributed by atoms with Crippen molar-refractivity contribution in [1.82, 2.24) is 15.2 Å². The van der Waals surface area contributed by atoms with Crippen molar-refractivity contribution >= 4 is 27.6 Å². The highest BCUT2D eigenvalue weighted by Gasteiger charge is 2.21. The third-order valence-electron chi connectivity index (χ3n) is 6.30. The summed E-state index contributed by atoms with van der Waals surface area (Å²) < 4.78 is 5.17. The lowest BCUT2D eigenvalue weighted by atomic mass is 9.96. The summed E-state index contributed by atoms with van der Waals surface area (Å²) in [5.74, 6) is 0.535. The Hall–Kier alpha value is -2.31. The Kier molecular flexibility index (Phi) is 7.21. The van der Waals surface area contributed by atoms with E-state index in [4.69, 9.17) is 4.74 Å². The minimum Gasteiger partial charge on any atom is -0.447 e. The van der Waals surface area contributed by atoms with Gasteiger partial charge in [-0.15, -0.1) is 11.3 Å². The average Bonchev–Trinajstić information content (AvgIpc) is 3.32. The molecule has 6 heteroatoms. The van der Waals surface area contributed by atoms with E-state index >= 15 is 0 Å². The highest BCUT2D eigenvalue weighted by molar-refractivity contribution is 7.16. The molecule has 2 aromatic heterocycles. The first-order valence-electron chi connectivity index (χ1n) is 11.7. The Labute approximate surface area is 195 Å². The number of ether oxygens (including phenoxy) is 1. The van der Waals surface area contributed by atoms with Crippen LogP contribution in [0, 0.1) is 19.8 Å². The van der Waals surface area contributed by atoms with E-state index < -0.39 is 0 Å². The molecular formula is C26H35N3O2S. The van der Waals surface area contributed by atoms with Crippen molar-refractivity contribution in [3.8, 4) is 11.3 Å². The predicted molar refractivity (Wildman–Crippen MR) is 134 cm³/mol. The lowest BCUT2D eigenvalue weighted by molar-refractivity contribution is 0.111. The number of nitrogens with zero attached hydrogens (tertiary/aromatic N) is 1. The van der Waals surface area contributed by atoms with Gasteiger partial charge in [-0.25, -0.2) is 4.79 Å². The van der Waals surface area contributed by atoms with E-state index in [1.807, 2.05) is 13.8 Å². The molecule has 3 heterocycles. The number of piperidine rings is 1. The molecule has 172 valence electrons. The second kappa shape index (κ2) is 10.1. The second-order valence-electron chi connectivity index (χ2n) is 9.39. The summed E-state index contributed by atoms with van der Waals surface area (Å²) in [7, 11) is 0. The summed E-state index contributed by atoms with van der Waals surface area (Å²) in [4.78, 5) is 19.3. The number of carbonyl (C=O) groups is 1. The summed E-state index contributed by atoms with van der Waals surface area (Å²) in [6.45, 7) is 12.0. The van der Waals surface area contributed by atoms with Gasteiger partial charge in [-0.2, -0.15) is 0 Å². The minimum atomic E-state index is -0.298. The Morgan fingerprint density at radius 1 is 1.22 bits per heavy atom. The number of hydrogen-bond acceptors (Lipinski definition) is 4. The first kappa shape index (κ1) is 22.9. The molecule has 4 rings (SSSR count). The maximum atomic E-state index is 11.7. The monoisotopic (exact) mass is 453 g/mol. The first-order chi connectivity index (χ1) is 15.4. The maximum absolute atomic E-state index is 11.7. The van der Waals surface area contributed by atoms with Gasteiger partial charge in [-0.05, 0) is 101 Å². The van der Waals surface area contributed by atoms with Gasteiger partial charge in [0.25, 0.3) is 0 Å². The lowest BCUT2D eigenvalue weighted by Gasteiger charge is -2.32. The number of fused-ring (bicyclic) bond motifs is 1. The zero-order chi connectivity index (χ0) is 22.7. The number of aryl methyl sites for hydroxylation is 2. The van der Waals surface area contributed by atoms with Crippen LogP contribution in [0.3, 0.4) is 0 Å². The number of thiophene rings is 1. The van der Waals surface area contributed by atoms with Crippen LogP contribution in [0.5, 0.6) is 0 Å². The number of nitrogens with one attached hydrogen (secondary N) is 2. The number of aromatic amines is 1. The smallest absolute Gasteiger partial charge is 0.407 e. The molecule has 0 radical (unpaired) electrons. The molecule has 0 saturated carbocycles. The number of aromatic nitrogens is 1. The summed E-state index contributed by atoms with van der Waals surface area (Å²) >= 11 is 1.78. The van der Waals surface area contributed by atoms with Crippen LogP contribution in [0.25, 0.3) is 21.5 Å². The van der Waals surface area contributed by atoms with E-state index in [1.165, 1.54) is 38.2 Å². The SMILES string of the molecule is Cc1cc(C)cc(-c2[nH]c3sccc3c2CCN2CCC(CNC(=O)OC(C)C)CC2)c1. The van der Waals surface area contributed by atoms with Crippen molar-refractivity contribution < 1.29 is 9.53 Å². The van der Waals surface area contributed by atoms with Crippen molar-refractivity contribution in [2.75, 3.05) is 26.2 Å². The van der Waals surface area contributed by atoms with Gasteiger partial charge in [0, 0.05) is 18.5 Å². The molecule has 1 aliphatic heterocycles. The fraction of sp³-hybridized carbons (Fsp3) is 0.500. The van der Waals surface area contributed by atoms with E-state index in [2.05, 4.69) is 58.7 Å². The molecule has 0 spiro atoms. The molecule has 0 bridgehead atoms. The standard InChI is InChI=1S/C26H35N3O2S/c1-17(2)31-26(30)27-16-20-5-9-29(10-6-20)11-7-22-23-8-12-32-25(23)28-24(22)21-14-18(3)13-19(4)15-21/h8,12-15,17,20,28H,5-7,9-11,16H2,1-4H3,(H,27,30). The third-order valence-corrected chi connectivity index (χ3v) is 7.13. The topological polar surface area (TPSA) is 57.4 Å². The Morgan fingerprint density at radius 3 is 2.62 bits per heavy atom. The van der Waals surface area contributed by atoms with E-state index in [0.717, 1.165) is 38.9 Å². The fourth-order valence-electron chi connectivity index (χ4n) is 4.76. The number of amides is 1. The van der Waals surface area contributed by atoms with Gasteiger partial charge in [0.2, 0.25) is 0 Å². The van der Waals surface area contributed by atoms with Crippen molar-refractivity contribution in [2.45, 2.75) is 53.1 Å². The second-order valence-corrected chi connectivity index (χ2v) is 10.3. The summed E-state index contributed by atoms with van der Waals surface area (Å²) in [5.41, 5.74) is 6.61. The van der Waals surface area contributed by atoms with Gasteiger partial charge in [0.1, 0.15) is 4.83 Å². The van der Waals surface area contributed by atoms with Gasteiger partial charge in [0.05, 0.1) is 11.8 Å². The molecule has 0 aliphatic carbocycles. The Balaban J connectivity index is 1.36. The zero-order valence-electron chi connectivity index (χ0n) is 19.7. The largest absolute Gasteiger partial charge is 0.447 e. The van der Waals surface area contributed by atoms with Crippen LogP contribution in [0.15, 0.2) is 29.6 Å². The number of H-pyrrole nitrogens is 1. The van der Waals surface area contributed by atoms with Gasteiger partial charge < -0.3 is 19.9 Å². The number of likely N-dealkylation sites (tertiary alicyclic amines) is 1. The number of hydrogen-bond donors (Lipinski definition) is 2. The lowest BCUT2D eigenvalue weighted by Crippen LogP contribution is -2.39. The Morgan fingerprint density at radius 2 is 1.94 bits per heavy atom. The number of alkyl carbamates (subject to hydrolysis) is 1. The molecule has 1 saturated heterocycles. The fourth-order valence-corrected chi connectivity index (χ4v) is 5.58. The average molecular weight is 454 g/mol. The number of benzene rings is 1. The van der Waals surface area contributed by atoms with Crippen LogP contribution >= 0.6 is 11.3 Å². The summed E-state index contributed by atoms with van der Waals surface area (Å²) in [5, 5.41) is 6.47. The van der Waals surface area contributed by atoms with Crippen LogP contribution in [0.4, 0.5) is 4.79 Å². The molecular weight excluding hydrogens is 418 g/mol. The molecule has 1 aliphatic rings. The number of carbonyl (C=O) groups excluding carboxylic acids is 1. The quantitative estimate of drug-likeness (QED) is 0.468. The molecule has 0 unspecified atom stereocenters. The molecule has 1 aromatic carbocycles. The van der Waals surface area contributed by atoms with E-state index in [9.17, 15) is 4.79 Å². The zero-order valence-corrected chi connectivity index (χ0v) is 20.5. The van der Waals surface area contributed by atoms with E-state index in [-0.39, 0.29) is 12.2 Å². The predicted octanol–water partition coefficient (Wildman–Crippen LogP) is 5.90. The van der Waals surface area contributed by atoms with Crippen molar-refractivity contribution in [1.29, 1.82) is 0 Å². The molecule has 2 N–H and O–H groups in total. The van der Waals surface area contributed by atoms with Crippen LogP contribution < -0.4 is 5.32 Å². The van der Waals surface area contributed by atoms with Gasteiger partial charge in [0.15, 0.2) is 0 Å². The highest BCUT2D eigenvalue weighted by Crippen LogP contribution is 2.34. The van der Waals surface area contributed by atoms with E-state index in [0.29, 0.717) is 12.5 Å². The van der Waals surface area contributed by atoms with E-state index in [1.54, 1.807) is 11.3 Å². The van der Waals surface area contributed by atoms with Crippen LogP contribution in [0.2, 0.25) is 0 Å². The molecule has 1 fully saturated rings. The minimum absolute atomic E-state index is 0.0754. The highest BCUT2D eigenvalue weighted by atomic mass is 32.1. The van der Waals surface area contributed by atoms with Crippen molar-refractivity contribution in [3.63, 3.8) is 0 Å². The molecule has 32 heavy (non-hydrogen) atoms. The van der Waals surface area contributed by atoms with Crippen molar-refractivity contribution in [2.24, 2.45) is 5.92 Å². The maximum Gasteiger partial charge on any atom is 0.407 e. The third kappa shape index (κ3) is 5.54. The first-order valence-corrected chi connectivity index (χ1v) is 12.6. The van der Waals surface area contributed by atoms with Gasteiger partial charge >= 0.3 is 6.09 Å². The van der Waals surface area contributed by atoms with Gasteiger partial charge in [-0.3, -0.25) is 0 Å². The summed E-state index contributed by atoms with van der Waals surface area (Å²) in [6, 6.07) is 9.06. The molecule has 5 nitrogen and oxygen atoms in total. The van der Waals surface area contributed by atoms with Crippen LogP contribution in [-0.2, 0) is 11.2 Å². The molecule has 0 atom stereocenters. The molecule has 3 aromatic rings. The Bertz CT molecular complexity index is 1040. The van der Waals surface area contributed by atoms with Crippen LogP contribution in [0.1, 0.15) is 43.4 Å². The van der Waals surface area contributed by atoms with Crippen LogP contribution in [-0.4, -0.2) is 48.3 Å². The van der Waals surface area contributed by atoms with Crippen molar-refractivity contribution in [3.05, 3.63) is 46.3 Å². The summed E-state index contributed by atoms with van der Waals surface area (Å²) in [6.07, 6.45) is 2.91.